The second-order valence-corrected chi connectivity index (χ2v) is 6.77. The second kappa shape index (κ2) is 8.08. The molecule has 8 nitrogen and oxygen atoms in total. The number of carbonyl (C=O) groups excluding carboxylic acids is 1. The molecule has 8 heteroatoms. The third kappa shape index (κ3) is 3.95. The van der Waals surface area contributed by atoms with Crippen LogP contribution in [0.1, 0.15) is 43.6 Å². The van der Waals surface area contributed by atoms with Gasteiger partial charge >= 0.3 is 0 Å². The molecule has 28 heavy (non-hydrogen) atoms. The van der Waals surface area contributed by atoms with Crippen LogP contribution < -0.4 is 5.32 Å². The first-order valence-corrected chi connectivity index (χ1v) is 9.26. The number of hydrogen-bond donors (Lipinski definition) is 1. The van der Waals surface area contributed by atoms with Crippen LogP contribution in [0.25, 0.3) is 17.6 Å². The van der Waals surface area contributed by atoms with Crippen molar-refractivity contribution in [1.29, 1.82) is 0 Å². The third-order valence-electron chi connectivity index (χ3n) is 4.81. The van der Waals surface area contributed by atoms with E-state index in [9.17, 15) is 4.79 Å². The summed E-state index contributed by atoms with van der Waals surface area (Å²) in [5.41, 5.74) is 0.728. The molecule has 1 N–H and O–H groups in total. The van der Waals surface area contributed by atoms with Crippen LogP contribution in [-0.4, -0.2) is 31.0 Å². The molecule has 0 saturated heterocycles. The van der Waals surface area contributed by atoms with Crippen LogP contribution >= 0.6 is 0 Å². The first kappa shape index (κ1) is 18.0. The fourth-order valence-corrected chi connectivity index (χ4v) is 3.41. The summed E-state index contributed by atoms with van der Waals surface area (Å²) in [6.07, 6.45) is 16.0. The van der Waals surface area contributed by atoms with E-state index >= 15 is 0 Å². The monoisotopic (exact) mass is 376 g/mol. The molecule has 1 amide bonds. The van der Waals surface area contributed by atoms with E-state index in [1.165, 1.54) is 6.08 Å². The van der Waals surface area contributed by atoms with Gasteiger partial charge in [0.2, 0.25) is 11.7 Å². The summed E-state index contributed by atoms with van der Waals surface area (Å²) >= 11 is 0. The Bertz CT molecular complexity index is 949. The molecule has 1 fully saturated rings. The fraction of sp³-hybridized carbons (Fsp3) is 0.300. The lowest BCUT2D eigenvalue weighted by molar-refractivity contribution is -0.119. The molecule has 0 aliphatic heterocycles. The van der Waals surface area contributed by atoms with Gasteiger partial charge in [0.25, 0.3) is 5.89 Å². The highest BCUT2D eigenvalue weighted by Gasteiger charge is 2.40. The lowest BCUT2D eigenvalue weighted by Gasteiger charge is -2.34. The number of hydrogen-bond acceptors (Lipinski definition) is 7. The van der Waals surface area contributed by atoms with Gasteiger partial charge in [0.15, 0.2) is 0 Å². The van der Waals surface area contributed by atoms with Crippen molar-refractivity contribution in [2.75, 3.05) is 0 Å². The van der Waals surface area contributed by atoms with E-state index in [0.29, 0.717) is 17.4 Å². The fourth-order valence-electron chi connectivity index (χ4n) is 3.41. The Morgan fingerprint density at radius 3 is 2.71 bits per heavy atom. The molecule has 0 unspecified atom stereocenters. The first-order chi connectivity index (χ1) is 13.8. The molecule has 0 atom stereocenters. The Labute approximate surface area is 162 Å². The Balaban J connectivity index is 1.56. The quantitative estimate of drug-likeness (QED) is 0.682. The summed E-state index contributed by atoms with van der Waals surface area (Å²) in [5.74, 6) is 0.578. The summed E-state index contributed by atoms with van der Waals surface area (Å²) in [6.45, 7) is 0. The van der Waals surface area contributed by atoms with Crippen molar-refractivity contribution in [3.63, 3.8) is 0 Å². The van der Waals surface area contributed by atoms with Crippen LogP contribution in [0.15, 0.2) is 53.7 Å². The minimum Gasteiger partial charge on any atom is -0.338 e. The lowest BCUT2D eigenvalue weighted by atomic mass is 9.81. The van der Waals surface area contributed by atoms with Gasteiger partial charge in [0.05, 0.1) is 6.20 Å². The molecule has 1 saturated carbocycles. The summed E-state index contributed by atoms with van der Waals surface area (Å²) in [4.78, 5) is 29.4. The van der Waals surface area contributed by atoms with E-state index in [4.69, 9.17) is 4.52 Å². The molecule has 0 bridgehead atoms. The maximum absolute atomic E-state index is 12.6. The molecule has 3 aromatic heterocycles. The van der Waals surface area contributed by atoms with Crippen LogP contribution in [0.4, 0.5) is 0 Å². The van der Waals surface area contributed by atoms with Gasteiger partial charge in [-0.05, 0) is 30.5 Å². The van der Waals surface area contributed by atoms with Gasteiger partial charge in [0.1, 0.15) is 11.2 Å². The largest absolute Gasteiger partial charge is 0.338 e. The average Bonchev–Trinajstić information content (AvgIpc) is 3.26. The van der Waals surface area contributed by atoms with Crippen molar-refractivity contribution in [3.8, 4) is 11.5 Å². The van der Waals surface area contributed by atoms with Gasteiger partial charge in [-0.1, -0.05) is 30.5 Å². The van der Waals surface area contributed by atoms with Crippen LogP contribution in [0, 0.1) is 0 Å². The van der Waals surface area contributed by atoms with Crippen LogP contribution in [0.3, 0.4) is 0 Å². The highest BCUT2D eigenvalue weighted by Crippen LogP contribution is 2.37. The summed E-state index contributed by atoms with van der Waals surface area (Å²) in [6, 6.07) is 3.71. The second-order valence-electron chi connectivity index (χ2n) is 6.77. The van der Waals surface area contributed by atoms with Crippen LogP contribution in [-0.2, 0) is 10.3 Å². The molecule has 4 rings (SSSR count). The first-order valence-electron chi connectivity index (χ1n) is 9.26. The highest BCUT2D eigenvalue weighted by atomic mass is 16.5. The average molecular weight is 376 g/mol. The number of nitrogens with zero attached hydrogens (tertiary/aromatic N) is 5. The summed E-state index contributed by atoms with van der Waals surface area (Å²) in [5, 5.41) is 7.15. The molecule has 142 valence electrons. The van der Waals surface area contributed by atoms with Gasteiger partial charge in [-0.25, -0.2) is 4.98 Å². The minimum absolute atomic E-state index is 0.204. The van der Waals surface area contributed by atoms with Crippen molar-refractivity contribution in [2.24, 2.45) is 0 Å². The zero-order valence-electron chi connectivity index (χ0n) is 15.3. The lowest BCUT2D eigenvalue weighted by Crippen LogP contribution is -2.47. The van der Waals surface area contributed by atoms with Crippen molar-refractivity contribution < 1.29 is 9.32 Å². The molecule has 1 aliphatic carbocycles. The topological polar surface area (TPSA) is 107 Å². The van der Waals surface area contributed by atoms with Crippen LogP contribution in [0.5, 0.6) is 0 Å². The van der Waals surface area contributed by atoms with Gasteiger partial charge in [0, 0.05) is 30.9 Å². The maximum Gasteiger partial charge on any atom is 0.252 e. The summed E-state index contributed by atoms with van der Waals surface area (Å²) in [7, 11) is 0. The van der Waals surface area contributed by atoms with Crippen molar-refractivity contribution in [2.45, 2.75) is 37.6 Å². The molecule has 3 aromatic rings. The Morgan fingerprint density at radius 2 is 1.96 bits per heavy atom. The van der Waals surface area contributed by atoms with Crippen molar-refractivity contribution >= 4 is 12.0 Å². The van der Waals surface area contributed by atoms with E-state index in [0.717, 1.165) is 37.7 Å². The number of rotatable bonds is 5. The zero-order chi connectivity index (χ0) is 19.2. The third-order valence-corrected chi connectivity index (χ3v) is 4.81. The van der Waals surface area contributed by atoms with Gasteiger partial charge < -0.3 is 9.84 Å². The number of pyridine rings is 1. The molecular formula is C20H20N6O2. The predicted octanol–water partition coefficient (Wildman–Crippen LogP) is 2.91. The number of nitrogens with one attached hydrogen (secondary N) is 1. The van der Waals surface area contributed by atoms with E-state index in [2.05, 4.69) is 30.4 Å². The number of carbonyl (C=O) groups is 1. The van der Waals surface area contributed by atoms with Crippen molar-refractivity contribution in [3.05, 3.63) is 60.6 Å². The zero-order valence-corrected chi connectivity index (χ0v) is 15.3. The Hall–Kier alpha value is -3.42. The molecule has 0 radical (unpaired) electrons. The Morgan fingerprint density at radius 1 is 1.11 bits per heavy atom. The van der Waals surface area contributed by atoms with E-state index < -0.39 is 5.54 Å². The van der Waals surface area contributed by atoms with Crippen molar-refractivity contribution in [1.82, 2.24) is 30.4 Å². The Kier molecular flexibility index (Phi) is 5.18. The standard InChI is InChI=1S/C20H20N6O2/c27-17(7-6-15-5-4-10-21-13-15)25-20(8-2-1-3-9-20)19-24-18(26-28-19)16-14-22-11-12-23-16/h4-7,10-14H,1-3,8-9H2,(H,25,27)/b7-6+. The number of aromatic nitrogens is 5. The van der Waals surface area contributed by atoms with E-state index in [-0.39, 0.29) is 5.91 Å². The smallest absolute Gasteiger partial charge is 0.252 e. The highest BCUT2D eigenvalue weighted by molar-refractivity contribution is 5.92. The normalized spacial score (nSPS) is 16.1. The molecule has 3 heterocycles. The molecular weight excluding hydrogens is 356 g/mol. The predicted molar refractivity (Wildman–Crippen MR) is 102 cm³/mol. The van der Waals surface area contributed by atoms with Gasteiger partial charge in [-0.15, -0.1) is 0 Å². The summed E-state index contributed by atoms with van der Waals surface area (Å²) < 4.78 is 5.55. The maximum atomic E-state index is 12.6. The minimum atomic E-state index is -0.665. The molecule has 1 aliphatic rings. The van der Waals surface area contributed by atoms with Gasteiger partial charge in [-0.2, -0.15) is 4.98 Å². The number of amides is 1. The SMILES string of the molecule is O=C(/C=C/c1cccnc1)NC1(c2nc(-c3cnccn3)no2)CCCCC1. The van der Waals surface area contributed by atoms with Crippen LogP contribution in [0.2, 0.25) is 0 Å². The van der Waals surface area contributed by atoms with E-state index in [1.807, 2.05) is 12.1 Å². The van der Waals surface area contributed by atoms with E-state index in [1.54, 1.807) is 37.1 Å². The molecule has 0 aromatic carbocycles. The van der Waals surface area contributed by atoms with Gasteiger partial charge in [-0.3, -0.25) is 14.8 Å². The molecule has 0 spiro atoms.